The minimum Gasteiger partial charge on any atom is -0.490 e. The van der Waals surface area contributed by atoms with E-state index < -0.39 is 18.5 Å². The molecule has 0 saturated heterocycles. The monoisotopic (exact) mass is 371 g/mol. The van der Waals surface area contributed by atoms with Gasteiger partial charge in [-0.1, -0.05) is 12.1 Å². The lowest BCUT2D eigenvalue weighted by Crippen LogP contribution is -2.34. The van der Waals surface area contributed by atoms with Gasteiger partial charge in [0.1, 0.15) is 0 Å². The number of nitrogens with one attached hydrogen (secondary N) is 1. The lowest BCUT2D eigenvalue weighted by molar-refractivity contribution is -0.144. The quantitative estimate of drug-likeness (QED) is 0.733. The zero-order chi connectivity index (χ0) is 19.1. The number of carbonyl (C=O) groups is 2. The number of amides is 1. The van der Waals surface area contributed by atoms with Crippen LogP contribution in [-0.2, 0) is 16.1 Å². The van der Waals surface area contributed by atoms with E-state index in [9.17, 15) is 18.4 Å². The maximum atomic E-state index is 12.7. The zero-order valence-corrected chi connectivity index (χ0v) is 14.5. The average molecular weight is 371 g/mol. The van der Waals surface area contributed by atoms with Crippen LogP contribution in [-0.4, -0.2) is 30.2 Å². The largest absolute Gasteiger partial charge is 0.490 e. The van der Waals surface area contributed by atoms with Gasteiger partial charge in [0.2, 0.25) is 5.91 Å². The SMILES string of the molecule is CCOc1cccc(CNC(=O)C2CCC(C(=O)O)CC2)c1OC(F)F. The number of hydrogen-bond donors (Lipinski definition) is 2. The summed E-state index contributed by atoms with van der Waals surface area (Å²) in [6.45, 7) is -0.950. The van der Waals surface area contributed by atoms with Gasteiger partial charge in [-0.2, -0.15) is 8.78 Å². The van der Waals surface area contributed by atoms with Crippen molar-refractivity contribution < 1.29 is 33.0 Å². The number of carboxylic acids is 1. The van der Waals surface area contributed by atoms with Gasteiger partial charge in [-0.3, -0.25) is 9.59 Å². The highest BCUT2D eigenvalue weighted by Gasteiger charge is 2.29. The second kappa shape index (κ2) is 9.35. The molecule has 1 aromatic carbocycles. The fraction of sp³-hybridized carbons (Fsp3) is 0.556. The van der Waals surface area contributed by atoms with Gasteiger partial charge in [0.25, 0.3) is 0 Å². The van der Waals surface area contributed by atoms with Crippen LogP contribution < -0.4 is 14.8 Å². The summed E-state index contributed by atoms with van der Waals surface area (Å²) in [5.74, 6) is -1.59. The van der Waals surface area contributed by atoms with Crippen LogP contribution in [0, 0.1) is 11.8 Å². The Balaban J connectivity index is 1.99. The molecule has 0 unspecified atom stereocenters. The van der Waals surface area contributed by atoms with Crippen molar-refractivity contribution in [2.24, 2.45) is 11.8 Å². The number of alkyl halides is 2. The van der Waals surface area contributed by atoms with E-state index in [-0.39, 0.29) is 29.9 Å². The Bertz CT molecular complexity index is 630. The molecule has 0 aliphatic heterocycles. The number of hydrogen-bond acceptors (Lipinski definition) is 4. The van der Waals surface area contributed by atoms with Crippen molar-refractivity contribution in [2.45, 2.75) is 45.8 Å². The van der Waals surface area contributed by atoms with E-state index in [1.165, 1.54) is 6.07 Å². The summed E-state index contributed by atoms with van der Waals surface area (Å²) in [6, 6.07) is 4.75. The van der Waals surface area contributed by atoms with Gasteiger partial charge in [-0.15, -0.1) is 0 Å². The van der Waals surface area contributed by atoms with Crippen molar-refractivity contribution in [3.05, 3.63) is 23.8 Å². The first-order valence-electron chi connectivity index (χ1n) is 8.62. The third-order valence-corrected chi connectivity index (χ3v) is 4.47. The summed E-state index contributed by atoms with van der Waals surface area (Å²) in [5.41, 5.74) is 0.392. The van der Waals surface area contributed by atoms with Crippen molar-refractivity contribution >= 4 is 11.9 Å². The van der Waals surface area contributed by atoms with E-state index in [1.54, 1.807) is 19.1 Å². The second-order valence-electron chi connectivity index (χ2n) is 6.16. The van der Waals surface area contributed by atoms with E-state index in [4.69, 9.17) is 9.84 Å². The molecule has 1 fully saturated rings. The second-order valence-corrected chi connectivity index (χ2v) is 6.16. The molecule has 1 amide bonds. The first-order chi connectivity index (χ1) is 12.4. The molecule has 0 atom stereocenters. The Morgan fingerprint density at radius 3 is 2.46 bits per heavy atom. The minimum absolute atomic E-state index is 0.0284. The van der Waals surface area contributed by atoms with Gasteiger partial charge in [0, 0.05) is 18.0 Å². The summed E-state index contributed by atoms with van der Waals surface area (Å²) in [7, 11) is 0. The molecular formula is C18H23F2NO5. The van der Waals surface area contributed by atoms with E-state index in [2.05, 4.69) is 10.1 Å². The Morgan fingerprint density at radius 1 is 1.23 bits per heavy atom. The summed E-state index contributed by atoms with van der Waals surface area (Å²) in [5, 5.41) is 11.7. The molecule has 1 aliphatic rings. The number of carboxylic acid groups (broad SMARTS) is 1. The summed E-state index contributed by atoms with van der Waals surface area (Å²) in [4.78, 5) is 23.3. The summed E-state index contributed by atoms with van der Waals surface area (Å²) in [6.07, 6.45) is 1.93. The average Bonchev–Trinajstić information content (AvgIpc) is 2.61. The number of carbonyl (C=O) groups excluding carboxylic acids is 1. The predicted molar refractivity (Wildman–Crippen MR) is 89.2 cm³/mol. The summed E-state index contributed by atoms with van der Waals surface area (Å²) < 4.78 is 35.3. The number of ether oxygens (including phenoxy) is 2. The number of aliphatic carboxylic acids is 1. The van der Waals surface area contributed by atoms with Crippen molar-refractivity contribution in [1.29, 1.82) is 0 Å². The normalized spacial score (nSPS) is 19.8. The smallest absolute Gasteiger partial charge is 0.387 e. The molecule has 8 heteroatoms. The molecule has 6 nitrogen and oxygen atoms in total. The number of halogens is 2. The molecule has 1 aromatic rings. The molecule has 26 heavy (non-hydrogen) atoms. The molecule has 0 spiro atoms. The van der Waals surface area contributed by atoms with Crippen LogP contribution in [0.25, 0.3) is 0 Å². The molecule has 2 N–H and O–H groups in total. The van der Waals surface area contributed by atoms with E-state index >= 15 is 0 Å². The maximum absolute atomic E-state index is 12.7. The van der Waals surface area contributed by atoms with Crippen LogP contribution in [0.4, 0.5) is 8.78 Å². The number of rotatable bonds is 8. The molecule has 0 bridgehead atoms. The highest BCUT2D eigenvalue weighted by Crippen LogP contribution is 2.33. The standard InChI is InChI=1S/C18H23F2NO5/c1-2-25-14-5-3-4-13(15(14)26-18(19)20)10-21-16(22)11-6-8-12(9-7-11)17(23)24/h3-5,11-12,18H,2,6-10H2,1H3,(H,21,22)(H,23,24). The maximum Gasteiger partial charge on any atom is 0.387 e. The third-order valence-electron chi connectivity index (χ3n) is 4.47. The van der Waals surface area contributed by atoms with Crippen LogP contribution in [0.1, 0.15) is 38.2 Å². The van der Waals surface area contributed by atoms with Crippen LogP contribution in [0.3, 0.4) is 0 Å². The topological polar surface area (TPSA) is 84.9 Å². The van der Waals surface area contributed by atoms with Gasteiger partial charge in [0.05, 0.1) is 12.5 Å². The molecule has 2 rings (SSSR count). The van der Waals surface area contributed by atoms with Gasteiger partial charge in [0.15, 0.2) is 11.5 Å². The Morgan fingerprint density at radius 2 is 1.88 bits per heavy atom. The highest BCUT2D eigenvalue weighted by molar-refractivity contribution is 5.79. The van der Waals surface area contributed by atoms with Gasteiger partial charge in [-0.05, 0) is 38.7 Å². The first kappa shape index (κ1) is 19.9. The molecule has 144 valence electrons. The van der Waals surface area contributed by atoms with E-state index in [0.29, 0.717) is 37.9 Å². The number of para-hydroxylation sites is 1. The van der Waals surface area contributed by atoms with Gasteiger partial charge >= 0.3 is 12.6 Å². The lowest BCUT2D eigenvalue weighted by Gasteiger charge is -2.25. The lowest BCUT2D eigenvalue weighted by atomic mass is 9.81. The van der Waals surface area contributed by atoms with Crippen LogP contribution in [0.2, 0.25) is 0 Å². The fourth-order valence-electron chi connectivity index (χ4n) is 3.12. The fourth-order valence-corrected chi connectivity index (χ4v) is 3.12. The molecule has 0 heterocycles. The van der Waals surface area contributed by atoms with Gasteiger partial charge in [-0.25, -0.2) is 0 Å². The Kier molecular flexibility index (Phi) is 7.17. The molecule has 1 aliphatic carbocycles. The third kappa shape index (κ3) is 5.31. The molecule has 0 radical (unpaired) electrons. The van der Waals surface area contributed by atoms with Gasteiger partial charge < -0.3 is 19.9 Å². The highest BCUT2D eigenvalue weighted by atomic mass is 19.3. The van der Waals surface area contributed by atoms with Crippen molar-refractivity contribution in [3.63, 3.8) is 0 Å². The van der Waals surface area contributed by atoms with Crippen molar-refractivity contribution in [1.82, 2.24) is 5.32 Å². The van der Waals surface area contributed by atoms with E-state index in [0.717, 1.165) is 0 Å². The van der Waals surface area contributed by atoms with Crippen molar-refractivity contribution in [2.75, 3.05) is 6.61 Å². The summed E-state index contributed by atoms with van der Waals surface area (Å²) >= 11 is 0. The Hall–Kier alpha value is -2.38. The first-order valence-corrected chi connectivity index (χ1v) is 8.62. The van der Waals surface area contributed by atoms with Crippen molar-refractivity contribution in [3.8, 4) is 11.5 Å². The molecular weight excluding hydrogens is 348 g/mol. The molecule has 0 aromatic heterocycles. The van der Waals surface area contributed by atoms with Crippen LogP contribution in [0.5, 0.6) is 11.5 Å². The van der Waals surface area contributed by atoms with Crippen LogP contribution in [0.15, 0.2) is 18.2 Å². The zero-order valence-electron chi connectivity index (χ0n) is 14.5. The number of benzene rings is 1. The molecule has 1 saturated carbocycles. The Labute approximate surface area is 150 Å². The minimum atomic E-state index is -3.00. The van der Waals surface area contributed by atoms with Crippen LogP contribution >= 0.6 is 0 Å². The van der Waals surface area contributed by atoms with E-state index in [1.807, 2.05) is 0 Å². The predicted octanol–water partition coefficient (Wildman–Crippen LogP) is 3.19.